The van der Waals surface area contributed by atoms with Crippen LogP contribution in [-0.2, 0) is 11.8 Å². The zero-order chi connectivity index (χ0) is 24.6. The molecule has 1 aliphatic heterocycles. The van der Waals surface area contributed by atoms with Crippen LogP contribution in [-0.4, -0.2) is 34.7 Å². The van der Waals surface area contributed by atoms with Crippen LogP contribution in [0.25, 0.3) is 10.8 Å². The van der Waals surface area contributed by atoms with Crippen molar-refractivity contribution in [3.8, 4) is 5.75 Å². The van der Waals surface area contributed by atoms with Crippen molar-refractivity contribution < 1.29 is 22.6 Å². The van der Waals surface area contributed by atoms with E-state index in [4.69, 9.17) is 9.47 Å². The molecule has 0 spiro atoms. The quantitative estimate of drug-likeness (QED) is 0.581. The average molecular weight is 478 g/mol. The molecule has 0 aliphatic carbocycles. The molecule has 3 heterocycles. The second-order valence-corrected chi connectivity index (χ2v) is 8.20. The monoisotopic (exact) mass is 478 g/mol. The van der Waals surface area contributed by atoms with Crippen LogP contribution < -0.4 is 21.2 Å². The lowest BCUT2D eigenvalue weighted by Gasteiger charge is -2.26. The van der Waals surface area contributed by atoms with E-state index in [1.54, 1.807) is 13.1 Å². The predicted molar refractivity (Wildman–Crippen MR) is 120 cm³/mol. The Hall–Kier alpha value is -3.34. The summed E-state index contributed by atoms with van der Waals surface area (Å²) in [7, 11) is 2.73. The molecular formula is C23H25F3N4O4. The van der Waals surface area contributed by atoms with E-state index in [1.165, 1.54) is 30.9 Å². The van der Waals surface area contributed by atoms with Crippen LogP contribution in [0.2, 0.25) is 0 Å². The number of anilines is 1. The highest BCUT2D eigenvalue weighted by Gasteiger charge is 2.25. The molecule has 1 fully saturated rings. The third kappa shape index (κ3) is 4.15. The summed E-state index contributed by atoms with van der Waals surface area (Å²) in [6, 6.07) is 2.86. The number of methoxy groups -OCH3 is 1. The maximum absolute atomic E-state index is 14.7. The van der Waals surface area contributed by atoms with Crippen LogP contribution in [0.4, 0.5) is 19.0 Å². The molecule has 182 valence electrons. The molecule has 1 N–H and O–H groups in total. The second kappa shape index (κ2) is 9.49. The maximum Gasteiger partial charge on any atom is 0.294 e. The van der Waals surface area contributed by atoms with Gasteiger partial charge in [0.05, 0.1) is 24.1 Å². The van der Waals surface area contributed by atoms with Gasteiger partial charge < -0.3 is 19.4 Å². The molecule has 0 amide bonds. The van der Waals surface area contributed by atoms with Gasteiger partial charge in [0.2, 0.25) is 0 Å². The van der Waals surface area contributed by atoms with Crippen molar-refractivity contribution in [3.63, 3.8) is 0 Å². The Balaban J connectivity index is 1.88. The lowest BCUT2D eigenvalue weighted by Crippen LogP contribution is -2.32. The number of fused-ring (bicyclic) bond motifs is 1. The standard InChI is InChI=1S/C23H25F3N4O4/c1-12(14-5-4-6-15(18(14)24)20(25)26)27-21-16-11-30(13-7-9-34-10-8-13)23(32)19(33-3)17(16)22(31)29(2)28-21/h4-6,11-13,20H,7-10H2,1-3H3,(H,27,28)/t12-/m1/s1. The fourth-order valence-electron chi connectivity index (χ4n) is 4.30. The number of halogens is 3. The van der Waals surface area contributed by atoms with Gasteiger partial charge in [-0.1, -0.05) is 18.2 Å². The lowest BCUT2D eigenvalue weighted by molar-refractivity contribution is 0.0685. The van der Waals surface area contributed by atoms with E-state index in [0.717, 1.165) is 10.7 Å². The SMILES string of the molecule is COc1c(=O)n(C2CCOCC2)cc2c(N[C@H](C)c3cccc(C(F)F)c3F)nn(C)c(=O)c12. The molecule has 0 bridgehead atoms. The minimum absolute atomic E-state index is 0.0197. The molecule has 8 nitrogen and oxygen atoms in total. The van der Waals surface area contributed by atoms with Crippen molar-refractivity contribution in [1.82, 2.24) is 14.3 Å². The number of hydrogen-bond donors (Lipinski definition) is 1. The molecule has 1 atom stereocenters. The average Bonchev–Trinajstić information content (AvgIpc) is 2.82. The molecule has 0 saturated carbocycles. The highest BCUT2D eigenvalue weighted by molar-refractivity contribution is 5.94. The molecule has 11 heteroatoms. The van der Waals surface area contributed by atoms with E-state index >= 15 is 0 Å². The van der Waals surface area contributed by atoms with Crippen LogP contribution in [0.1, 0.15) is 49.4 Å². The van der Waals surface area contributed by atoms with Crippen LogP contribution in [0.5, 0.6) is 5.75 Å². The Morgan fingerprint density at radius 1 is 1.18 bits per heavy atom. The van der Waals surface area contributed by atoms with Gasteiger partial charge >= 0.3 is 0 Å². The number of pyridine rings is 1. The molecule has 1 aliphatic rings. The molecule has 4 rings (SSSR count). The van der Waals surface area contributed by atoms with Crippen LogP contribution >= 0.6 is 0 Å². The first kappa shape index (κ1) is 23.8. The zero-order valence-electron chi connectivity index (χ0n) is 19.0. The number of rotatable bonds is 6. The Morgan fingerprint density at radius 2 is 1.85 bits per heavy atom. The van der Waals surface area contributed by atoms with Gasteiger partial charge in [0, 0.05) is 38.1 Å². The van der Waals surface area contributed by atoms with E-state index in [9.17, 15) is 22.8 Å². The Morgan fingerprint density at radius 3 is 2.50 bits per heavy atom. The van der Waals surface area contributed by atoms with Crippen molar-refractivity contribution in [2.24, 2.45) is 7.05 Å². The predicted octanol–water partition coefficient (Wildman–Crippen LogP) is 3.71. The van der Waals surface area contributed by atoms with E-state index in [0.29, 0.717) is 31.4 Å². The van der Waals surface area contributed by atoms with Crippen LogP contribution in [0.15, 0.2) is 34.0 Å². The number of aromatic nitrogens is 3. The van der Waals surface area contributed by atoms with Gasteiger partial charge in [-0.25, -0.2) is 17.9 Å². The number of alkyl halides is 2. The number of nitrogens with one attached hydrogen (secondary N) is 1. The minimum Gasteiger partial charge on any atom is -0.490 e. The number of ether oxygens (including phenoxy) is 2. The van der Waals surface area contributed by atoms with Crippen LogP contribution in [0, 0.1) is 5.82 Å². The van der Waals surface area contributed by atoms with Gasteiger partial charge in [-0.3, -0.25) is 9.59 Å². The second-order valence-electron chi connectivity index (χ2n) is 8.20. The summed E-state index contributed by atoms with van der Waals surface area (Å²) >= 11 is 0. The number of aryl methyl sites for hydroxylation is 1. The molecule has 0 radical (unpaired) electrons. The highest BCUT2D eigenvalue weighted by Crippen LogP contribution is 2.32. The normalized spacial score (nSPS) is 15.6. The molecule has 3 aromatic rings. The largest absolute Gasteiger partial charge is 0.490 e. The van der Waals surface area contributed by atoms with Crippen molar-refractivity contribution in [2.75, 3.05) is 25.6 Å². The first-order valence-corrected chi connectivity index (χ1v) is 10.9. The highest BCUT2D eigenvalue weighted by atomic mass is 19.3. The van der Waals surface area contributed by atoms with E-state index in [1.807, 2.05) is 0 Å². The number of benzene rings is 1. The van der Waals surface area contributed by atoms with Crippen molar-refractivity contribution in [2.45, 2.75) is 38.3 Å². The van der Waals surface area contributed by atoms with E-state index < -0.39 is 35.0 Å². The Labute approximate surface area is 192 Å². The summed E-state index contributed by atoms with van der Waals surface area (Å²) in [4.78, 5) is 26.1. The number of hydrogen-bond acceptors (Lipinski definition) is 6. The molecule has 34 heavy (non-hydrogen) atoms. The Kier molecular flexibility index (Phi) is 6.65. The summed E-state index contributed by atoms with van der Waals surface area (Å²) in [6.45, 7) is 2.58. The van der Waals surface area contributed by atoms with Gasteiger partial charge in [0.25, 0.3) is 17.5 Å². The summed E-state index contributed by atoms with van der Waals surface area (Å²) in [5.74, 6) is -0.942. The minimum atomic E-state index is -2.96. The lowest BCUT2D eigenvalue weighted by atomic mass is 10.0. The van der Waals surface area contributed by atoms with Crippen molar-refractivity contribution >= 4 is 16.6 Å². The first-order chi connectivity index (χ1) is 16.2. The van der Waals surface area contributed by atoms with Gasteiger partial charge in [-0.05, 0) is 19.8 Å². The van der Waals surface area contributed by atoms with Crippen molar-refractivity contribution in [3.05, 3.63) is 62.0 Å². The molecular weight excluding hydrogens is 453 g/mol. The van der Waals surface area contributed by atoms with Gasteiger partial charge in [0.15, 0.2) is 11.6 Å². The summed E-state index contributed by atoms with van der Waals surface area (Å²) in [5.41, 5.74) is -1.65. The summed E-state index contributed by atoms with van der Waals surface area (Å²) < 4.78 is 54.4. The summed E-state index contributed by atoms with van der Waals surface area (Å²) in [5, 5.41) is 7.64. The third-order valence-electron chi connectivity index (χ3n) is 6.11. The fourth-order valence-corrected chi connectivity index (χ4v) is 4.30. The molecule has 1 saturated heterocycles. The fraction of sp³-hybridized carbons (Fsp3) is 0.435. The maximum atomic E-state index is 14.7. The third-order valence-corrected chi connectivity index (χ3v) is 6.11. The topological polar surface area (TPSA) is 87.4 Å². The van der Waals surface area contributed by atoms with Gasteiger partial charge in [0.1, 0.15) is 11.2 Å². The van der Waals surface area contributed by atoms with E-state index in [-0.39, 0.29) is 28.6 Å². The number of nitrogens with zero attached hydrogens (tertiary/aromatic N) is 3. The first-order valence-electron chi connectivity index (χ1n) is 10.9. The smallest absolute Gasteiger partial charge is 0.294 e. The molecule has 2 aromatic heterocycles. The van der Waals surface area contributed by atoms with Crippen LogP contribution in [0.3, 0.4) is 0 Å². The molecule has 0 unspecified atom stereocenters. The van der Waals surface area contributed by atoms with Gasteiger partial charge in [-0.2, -0.15) is 5.10 Å². The zero-order valence-corrected chi connectivity index (χ0v) is 19.0. The Bertz CT molecular complexity index is 1330. The van der Waals surface area contributed by atoms with Gasteiger partial charge in [-0.15, -0.1) is 0 Å². The van der Waals surface area contributed by atoms with E-state index in [2.05, 4.69) is 10.4 Å². The summed E-state index contributed by atoms with van der Waals surface area (Å²) in [6.07, 6.45) is -0.192. The van der Waals surface area contributed by atoms with Crippen molar-refractivity contribution in [1.29, 1.82) is 0 Å². The molecule has 1 aromatic carbocycles.